The number of nitrogens with zero attached hydrogens (tertiary/aromatic N) is 3. The number of carbonyl (C=O) groups is 1. The van der Waals surface area contributed by atoms with Gasteiger partial charge in [0.15, 0.2) is 0 Å². The number of sulfonamides is 1. The molecule has 1 aliphatic heterocycles. The fourth-order valence-corrected chi connectivity index (χ4v) is 4.18. The molecule has 0 atom stereocenters. The minimum atomic E-state index is -3.69. The number of anilines is 2. The molecule has 1 N–H and O–H groups in total. The van der Waals surface area contributed by atoms with E-state index in [0.29, 0.717) is 5.69 Å². The van der Waals surface area contributed by atoms with Crippen molar-refractivity contribution in [1.82, 2.24) is 8.87 Å². The summed E-state index contributed by atoms with van der Waals surface area (Å²) >= 11 is 0. The molecule has 1 aromatic heterocycles. The summed E-state index contributed by atoms with van der Waals surface area (Å²) in [7, 11) is -0.874. The first-order chi connectivity index (χ1) is 13.8. The topological polar surface area (TPSA) is 91.7 Å². The molecule has 1 fully saturated rings. The quantitative estimate of drug-likeness (QED) is 0.771. The van der Waals surface area contributed by atoms with Crippen LogP contribution in [-0.4, -0.2) is 50.4 Å². The van der Waals surface area contributed by atoms with E-state index in [1.807, 2.05) is 24.3 Å². The van der Waals surface area contributed by atoms with Crippen LogP contribution in [0.2, 0.25) is 0 Å². The van der Waals surface area contributed by atoms with Gasteiger partial charge in [-0.1, -0.05) is 0 Å². The predicted molar refractivity (Wildman–Crippen MR) is 113 cm³/mol. The Balaban J connectivity index is 1.68. The Morgan fingerprint density at radius 1 is 1.03 bits per heavy atom. The summed E-state index contributed by atoms with van der Waals surface area (Å²) < 4.78 is 26.6. The van der Waals surface area contributed by atoms with E-state index in [2.05, 4.69) is 10.2 Å². The molecule has 0 unspecified atom stereocenters. The Hall–Kier alpha value is -2.65. The molecule has 0 spiro atoms. The Morgan fingerprint density at radius 2 is 1.69 bits per heavy atom. The fourth-order valence-electron chi connectivity index (χ4n) is 3.26. The molecule has 1 saturated heterocycles. The molecule has 0 bridgehead atoms. The van der Waals surface area contributed by atoms with Crippen LogP contribution >= 0.6 is 0 Å². The minimum absolute atomic E-state index is 0.0409. The molecule has 8 nitrogen and oxygen atoms in total. The molecule has 156 valence electrons. The number of carbonyl (C=O) groups excluding carboxylic acids is 1. The number of amides is 1. The normalized spacial score (nSPS) is 14.8. The highest BCUT2D eigenvalue weighted by molar-refractivity contribution is 7.89. The summed E-state index contributed by atoms with van der Waals surface area (Å²) in [6, 6.07) is 9.99. The van der Waals surface area contributed by atoms with E-state index in [-0.39, 0.29) is 11.4 Å². The lowest BCUT2D eigenvalue weighted by Crippen LogP contribution is -2.30. The SMILES string of the molecule is CN(C)S(=O)(=O)c1ccc(=O)n(CC(=O)Nc2ccc(N3CCCCC3)cc2)c1. The number of rotatable bonds is 6. The van der Waals surface area contributed by atoms with Gasteiger partial charge in [0.1, 0.15) is 6.54 Å². The Bertz CT molecular complexity index is 1020. The van der Waals surface area contributed by atoms with Crippen molar-refractivity contribution in [2.45, 2.75) is 30.7 Å². The first kappa shape index (κ1) is 21.1. The lowest BCUT2D eigenvalue weighted by Gasteiger charge is -2.28. The van der Waals surface area contributed by atoms with E-state index >= 15 is 0 Å². The molecule has 2 heterocycles. The van der Waals surface area contributed by atoms with Gasteiger partial charge >= 0.3 is 0 Å². The number of nitrogens with one attached hydrogen (secondary N) is 1. The number of piperidine rings is 1. The maximum Gasteiger partial charge on any atom is 0.251 e. The summed E-state index contributed by atoms with van der Waals surface area (Å²) in [5.74, 6) is -0.405. The van der Waals surface area contributed by atoms with Gasteiger partial charge in [0.2, 0.25) is 15.9 Å². The Labute approximate surface area is 170 Å². The van der Waals surface area contributed by atoms with Gasteiger partial charge in [-0.3, -0.25) is 9.59 Å². The van der Waals surface area contributed by atoms with Crippen LogP contribution in [0.4, 0.5) is 11.4 Å². The molecule has 29 heavy (non-hydrogen) atoms. The van der Waals surface area contributed by atoms with E-state index in [9.17, 15) is 18.0 Å². The highest BCUT2D eigenvalue weighted by Gasteiger charge is 2.19. The molecule has 0 radical (unpaired) electrons. The molecule has 3 rings (SSSR count). The van der Waals surface area contributed by atoms with Gasteiger partial charge in [-0.2, -0.15) is 0 Å². The van der Waals surface area contributed by atoms with Crippen LogP contribution in [0, 0.1) is 0 Å². The van der Waals surface area contributed by atoms with Crippen molar-refractivity contribution < 1.29 is 13.2 Å². The van der Waals surface area contributed by atoms with E-state index in [4.69, 9.17) is 0 Å². The monoisotopic (exact) mass is 418 g/mol. The van der Waals surface area contributed by atoms with Crippen LogP contribution in [-0.2, 0) is 21.4 Å². The summed E-state index contributed by atoms with van der Waals surface area (Å²) in [5.41, 5.74) is 1.31. The van der Waals surface area contributed by atoms with Crippen molar-refractivity contribution in [2.75, 3.05) is 37.4 Å². The standard InChI is InChI=1S/C20H26N4O4S/c1-22(2)29(27,28)18-10-11-20(26)24(14-18)15-19(25)21-16-6-8-17(9-7-16)23-12-4-3-5-13-23/h6-11,14H,3-5,12-13,15H2,1-2H3,(H,21,25). The maximum absolute atomic E-state index is 12.4. The van der Waals surface area contributed by atoms with Gasteiger partial charge in [0.05, 0.1) is 4.90 Å². The highest BCUT2D eigenvalue weighted by Crippen LogP contribution is 2.21. The minimum Gasteiger partial charge on any atom is -0.372 e. The second-order valence-corrected chi connectivity index (χ2v) is 9.41. The first-order valence-electron chi connectivity index (χ1n) is 9.55. The number of benzene rings is 1. The van der Waals surface area contributed by atoms with Gasteiger partial charge in [-0.25, -0.2) is 12.7 Å². The number of hydrogen-bond donors (Lipinski definition) is 1. The Morgan fingerprint density at radius 3 is 2.31 bits per heavy atom. The zero-order valence-corrected chi connectivity index (χ0v) is 17.5. The van der Waals surface area contributed by atoms with Gasteiger partial charge in [0, 0.05) is 50.8 Å². The van der Waals surface area contributed by atoms with Crippen LogP contribution < -0.4 is 15.8 Å². The van der Waals surface area contributed by atoms with Crippen molar-refractivity contribution in [3.05, 3.63) is 52.9 Å². The third-order valence-corrected chi connectivity index (χ3v) is 6.72. The smallest absolute Gasteiger partial charge is 0.251 e. The van der Waals surface area contributed by atoms with Gasteiger partial charge in [-0.15, -0.1) is 0 Å². The summed E-state index contributed by atoms with van der Waals surface area (Å²) in [6.07, 6.45) is 4.84. The van der Waals surface area contributed by atoms with Crippen molar-refractivity contribution in [3.8, 4) is 0 Å². The van der Waals surface area contributed by atoms with Crippen molar-refractivity contribution in [2.24, 2.45) is 0 Å². The third kappa shape index (κ3) is 5.04. The molecule has 1 aliphatic rings. The van der Waals surface area contributed by atoms with Crippen molar-refractivity contribution in [3.63, 3.8) is 0 Å². The largest absolute Gasteiger partial charge is 0.372 e. The zero-order valence-electron chi connectivity index (χ0n) is 16.7. The lowest BCUT2D eigenvalue weighted by atomic mass is 10.1. The third-order valence-electron chi connectivity index (χ3n) is 4.92. The maximum atomic E-state index is 12.4. The fraction of sp³-hybridized carbons (Fsp3) is 0.400. The molecule has 9 heteroatoms. The molecule has 2 aromatic rings. The lowest BCUT2D eigenvalue weighted by molar-refractivity contribution is -0.116. The summed E-state index contributed by atoms with van der Waals surface area (Å²) in [4.78, 5) is 26.7. The second-order valence-electron chi connectivity index (χ2n) is 7.26. The van der Waals surface area contributed by atoms with Crippen molar-refractivity contribution in [1.29, 1.82) is 0 Å². The van der Waals surface area contributed by atoms with Gasteiger partial charge in [0.25, 0.3) is 5.56 Å². The number of hydrogen-bond acceptors (Lipinski definition) is 5. The predicted octanol–water partition coefficient (Wildman–Crippen LogP) is 1.73. The summed E-state index contributed by atoms with van der Waals surface area (Å²) in [5, 5.41) is 2.75. The molecule has 1 amide bonds. The molecular formula is C20H26N4O4S. The van der Waals surface area contributed by atoms with E-state index < -0.39 is 21.5 Å². The van der Waals surface area contributed by atoms with Gasteiger partial charge < -0.3 is 14.8 Å². The van der Waals surface area contributed by atoms with Crippen LogP contribution in [0.3, 0.4) is 0 Å². The van der Waals surface area contributed by atoms with Crippen LogP contribution in [0.5, 0.6) is 0 Å². The average Bonchev–Trinajstić information content (AvgIpc) is 2.70. The molecule has 1 aromatic carbocycles. The Kier molecular flexibility index (Phi) is 6.39. The molecule has 0 aliphatic carbocycles. The molecular weight excluding hydrogens is 392 g/mol. The van der Waals surface area contributed by atoms with Crippen LogP contribution in [0.1, 0.15) is 19.3 Å². The average molecular weight is 419 g/mol. The highest BCUT2D eigenvalue weighted by atomic mass is 32.2. The first-order valence-corrected chi connectivity index (χ1v) is 11.0. The summed E-state index contributed by atoms with van der Waals surface area (Å²) in [6.45, 7) is 1.81. The van der Waals surface area contributed by atoms with E-state index in [1.54, 1.807) is 0 Å². The van der Waals surface area contributed by atoms with E-state index in [1.165, 1.54) is 45.6 Å². The van der Waals surface area contributed by atoms with Crippen molar-refractivity contribution >= 4 is 27.3 Å². The molecule has 0 saturated carbocycles. The van der Waals surface area contributed by atoms with Crippen LogP contribution in [0.25, 0.3) is 0 Å². The number of pyridine rings is 1. The zero-order chi connectivity index (χ0) is 21.0. The second kappa shape index (κ2) is 8.79. The van der Waals surface area contributed by atoms with Crippen LogP contribution in [0.15, 0.2) is 52.3 Å². The van der Waals surface area contributed by atoms with E-state index in [0.717, 1.165) is 33.7 Å². The van der Waals surface area contributed by atoms with Gasteiger partial charge in [-0.05, 0) is 49.6 Å². The number of aromatic nitrogens is 1.